The summed E-state index contributed by atoms with van der Waals surface area (Å²) < 4.78 is 0. The first-order valence-electron chi connectivity index (χ1n) is 6.75. The van der Waals surface area contributed by atoms with E-state index in [4.69, 9.17) is 0 Å². The van der Waals surface area contributed by atoms with Crippen LogP contribution in [0.15, 0.2) is 53.5 Å². The van der Waals surface area contributed by atoms with E-state index in [0.29, 0.717) is 0 Å². The first-order valence-corrected chi connectivity index (χ1v) is 6.75. The van der Waals surface area contributed by atoms with E-state index < -0.39 is 18.0 Å². The average Bonchev–Trinajstić information content (AvgIpc) is 2.54. The van der Waals surface area contributed by atoms with E-state index >= 15 is 0 Å². The van der Waals surface area contributed by atoms with Gasteiger partial charge in [0.2, 0.25) is 6.08 Å². The van der Waals surface area contributed by atoms with Crippen LogP contribution in [0.3, 0.4) is 0 Å². The number of nitrogens with zero attached hydrogens (tertiary/aromatic N) is 1. The Hall–Kier alpha value is -3.24. The molecule has 0 heterocycles. The van der Waals surface area contributed by atoms with Crippen LogP contribution < -0.4 is 0 Å². The number of carboxylic acid groups (broad SMARTS) is 2. The summed E-state index contributed by atoms with van der Waals surface area (Å²) in [4.78, 5) is 37.2. The van der Waals surface area contributed by atoms with Gasteiger partial charge in [0.1, 0.15) is 0 Å². The molecular formula is C17H13NO5. The van der Waals surface area contributed by atoms with Crippen LogP contribution in [-0.4, -0.2) is 28.2 Å². The molecule has 0 aliphatic heterocycles. The summed E-state index contributed by atoms with van der Waals surface area (Å²) in [5.41, 5.74) is 0.419. The SMILES string of the molecule is O=C=NC(Cc1ccccc1)c1c(C(=O)O)cccc1C(=O)O. The van der Waals surface area contributed by atoms with Crippen LogP contribution in [0, 0.1) is 0 Å². The van der Waals surface area contributed by atoms with Crippen LogP contribution in [0.4, 0.5) is 0 Å². The first kappa shape index (κ1) is 16.1. The number of aromatic carboxylic acids is 2. The van der Waals surface area contributed by atoms with Gasteiger partial charge in [-0.1, -0.05) is 36.4 Å². The van der Waals surface area contributed by atoms with Crippen molar-refractivity contribution in [3.05, 3.63) is 70.8 Å². The summed E-state index contributed by atoms with van der Waals surface area (Å²) in [5.74, 6) is -2.55. The minimum atomic E-state index is -1.28. The maximum atomic E-state index is 11.4. The highest BCUT2D eigenvalue weighted by Crippen LogP contribution is 2.29. The third-order valence-corrected chi connectivity index (χ3v) is 3.38. The van der Waals surface area contributed by atoms with Gasteiger partial charge in [-0.25, -0.2) is 14.4 Å². The lowest BCUT2D eigenvalue weighted by molar-refractivity contribution is 0.0694. The second kappa shape index (κ2) is 7.15. The summed E-state index contributed by atoms with van der Waals surface area (Å²) >= 11 is 0. The Morgan fingerprint density at radius 1 is 0.957 bits per heavy atom. The van der Waals surface area contributed by atoms with E-state index in [2.05, 4.69) is 4.99 Å². The Bertz CT molecular complexity index is 747. The van der Waals surface area contributed by atoms with Crippen molar-refractivity contribution >= 4 is 18.0 Å². The third-order valence-electron chi connectivity index (χ3n) is 3.38. The van der Waals surface area contributed by atoms with Crippen molar-refractivity contribution in [3.8, 4) is 0 Å². The molecule has 6 nitrogen and oxygen atoms in total. The van der Waals surface area contributed by atoms with Crippen molar-refractivity contribution in [3.63, 3.8) is 0 Å². The Kier molecular flexibility index (Phi) is 5.02. The molecule has 1 unspecified atom stereocenters. The molecule has 0 saturated heterocycles. The highest BCUT2D eigenvalue weighted by molar-refractivity contribution is 5.97. The minimum absolute atomic E-state index is 0.000275. The van der Waals surface area contributed by atoms with Crippen molar-refractivity contribution in [1.82, 2.24) is 0 Å². The zero-order chi connectivity index (χ0) is 16.8. The molecule has 2 N–H and O–H groups in total. The number of aliphatic imine (C=N–C) groups is 1. The summed E-state index contributed by atoms with van der Waals surface area (Å²) in [6, 6.07) is 12.0. The Morgan fingerprint density at radius 3 is 2.00 bits per heavy atom. The van der Waals surface area contributed by atoms with Crippen molar-refractivity contribution < 1.29 is 24.6 Å². The summed E-state index contributed by atoms with van der Waals surface area (Å²) in [6.07, 6.45) is 1.60. The van der Waals surface area contributed by atoms with E-state index in [0.717, 1.165) is 5.56 Å². The molecule has 0 spiro atoms. The predicted octanol–water partition coefficient (Wildman–Crippen LogP) is 2.70. The molecule has 2 aromatic rings. The van der Waals surface area contributed by atoms with Crippen molar-refractivity contribution in [2.24, 2.45) is 4.99 Å². The molecule has 2 aromatic carbocycles. The minimum Gasteiger partial charge on any atom is -0.478 e. The zero-order valence-corrected chi connectivity index (χ0v) is 12.0. The van der Waals surface area contributed by atoms with Crippen molar-refractivity contribution in [2.75, 3.05) is 0 Å². The molecule has 23 heavy (non-hydrogen) atoms. The van der Waals surface area contributed by atoms with Gasteiger partial charge in [0, 0.05) is 5.56 Å². The maximum Gasteiger partial charge on any atom is 0.336 e. The van der Waals surface area contributed by atoms with Crippen LogP contribution in [-0.2, 0) is 11.2 Å². The lowest BCUT2D eigenvalue weighted by atomic mass is 9.91. The Morgan fingerprint density at radius 2 is 1.52 bits per heavy atom. The molecule has 0 saturated carbocycles. The lowest BCUT2D eigenvalue weighted by Crippen LogP contribution is -2.14. The predicted molar refractivity (Wildman–Crippen MR) is 81.4 cm³/mol. The van der Waals surface area contributed by atoms with E-state index in [1.807, 2.05) is 6.07 Å². The van der Waals surface area contributed by atoms with Gasteiger partial charge in [-0.15, -0.1) is 0 Å². The molecule has 116 valence electrons. The molecule has 0 radical (unpaired) electrons. The molecule has 1 atom stereocenters. The van der Waals surface area contributed by atoms with Crippen LogP contribution >= 0.6 is 0 Å². The van der Waals surface area contributed by atoms with E-state index in [1.165, 1.54) is 24.3 Å². The quantitative estimate of drug-likeness (QED) is 0.630. The topological polar surface area (TPSA) is 104 Å². The van der Waals surface area contributed by atoms with Gasteiger partial charge in [0.05, 0.1) is 17.2 Å². The van der Waals surface area contributed by atoms with Gasteiger partial charge < -0.3 is 10.2 Å². The third kappa shape index (κ3) is 3.70. The van der Waals surface area contributed by atoms with Crippen LogP contribution in [0.2, 0.25) is 0 Å². The number of hydrogen-bond donors (Lipinski definition) is 2. The summed E-state index contributed by atoms with van der Waals surface area (Å²) in [7, 11) is 0. The molecule has 0 aromatic heterocycles. The highest BCUT2D eigenvalue weighted by Gasteiger charge is 2.25. The number of carbonyl (C=O) groups is 2. The number of carboxylic acids is 2. The fourth-order valence-electron chi connectivity index (χ4n) is 2.41. The molecule has 0 fully saturated rings. The van der Waals surface area contributed by atoms with Gasteiger partial charge in [-0.3, -0.25) is 0 Å². The normalized spacial score (nSPS) is 11.3. The zero-order valence-electron chi connectivity index (χ0n) is 12.0. The van der Waals surface area contributed by atoms with Crippen LogP contribution in [0.1, 0.15) is 37.9 Å². The van der Waals surface area contributed by atoms with E-state index in [9.17, 15) is 24.6 Å². The largest absolute Gasteiger partial charge is 0.478 e. The highest BCUT2D eigenvalue weighted by atomic mass is 16.4. The maximum absolute atomic E-state index is 11.4. The van der Waals surface area contributed by atoms with Gasteiger partial charge >= 0.3 is 11.9 Å². The molecule has 0 amide bonds. The second-order valence-electron chi connectivity index (χ2n) is 4.80. The molecular weight excluding hydrogens is 298 g/mol. The van der Waals surface area contributed by atoms with Gasteiger partial charge in [-0.05, 0) is 24.1 Å². The molecule has 6 heteroatoms. The van der Waals surface area contributed by atoms with Crippen molar-refractivity contribution in [1.29, 1.82) is 0 Å². The standard InChI is InChI=1S/C17H13NO5/c19-10-18-14(9-11-5-2-1-3-6-11)15-12(16(20)21)7-4-8-13(15)17(22)23/h1-8,14H,9H2,(H,20,21)(H,22,23). The van der Waals surface area contributed by atoms with Gasteiger partial charge in [0.15, 0.2) is 0 Å². The molecule has 0 aliphatic rings. The fraction of sp³-hybridized carbons (Fsp3) is 0.118. The molecule has 0 aliphatic carbocycles. The van der Waals surface area contributed by atoms with E-state index in [-0.39, 0.29) is 23.1 Å². The Balaban J connectivity index is 2.60. The second-order valence-corrected chi connectivity index (χ2v) is 4.80. The van der Waals surface area contributed by atoms with Crippen LogP contribution in [0.5, 0.6) is 0 Å². The number of hydrogen-bond acceptors (Lipinski definition) is 4. The number of benzene rings is 2. The van der Waals surface area contributed by atoms with Gasteiger partial charge in [0.25, 0.3) is 0 Å². The van der Waals surface area contributed by atoms with Gasteiger partial charge in [-0.2, -0.15) is 4.99 Å². The number of carbonyl (C=O) groups excluding carboxylic acids is 1. The molecule has 2 rings (SSSR count). The van der Waals surface area contributed by atoms with Crippen LogP contribution in [0.25, 0.3) is 0 Å². The smallest absolute Gasteiger partial charge is 0.336 e. The average molecular weight is 311 g/mol. The monoisotopic (exact) mass is 311 g/mol. The fourth-order valence-corrected chi connectivity index (χ4v) is 2.41. The van der Waals surface area contributed by atoms with Crippen molar-refractivity contribution in [2.45, 2.75) is 12.5 Å². The Labute approximate surface area is 131 Å². The number of isocyanates is 1. The first-order chi connectivity index (χ1) is 11.0. The van der Waals surface area contributed by atoms with E-state index in [1.54, 1.807) is 24.3 Å². The molecule has 0 bridgehead atoms. The summed E-state index contributed by atoms with van der Waals surface area (Å²) in [6.45, 7) is 0. The number of rotatable bonds is 6. The lowest BCUT2D eigenvalue weighted by Gasteiger charge is -2.16. The summed E-state index contributed by atoms with van der Waals surface area (Å²) in [5, 5.41) is 18.6.